The highest BCUT2D eigenvalue weighted by atomic mass is 16.5. The molecule has 0 heterocycles. The number of ether oxygens (including phenoxy) is 2. The van der Waals surface area contributed by atoms with Gasteiger partial charge < -0.3 is 9.47 Å². The topological polar surface area (TPSA) is 76.7 Å². The highest BCUT2D eigenvalue weighted by Gasteiger charge is 2.74. The number of carbonyl (C=O) groups excluding carboxylic acids is 2. The van der Waals surface area contributed by atoms with E-state index >= 15 is 0 Å². The Bertz CT molecular complexity index is 578. The summed E-state index contributed by atoms with van der Waals surface area (Å²) in [7, 11) is 0. The number of fused-ring (bicyclic) bond motifs is 1. The summed E-state index contributed by atoms with van der Waals surface area (Å²) >= 11 is 0. The smallest absolute Gasteiger partial charge is 0.279 e. The average molecular weight is 304 g/mol. The first-order valence-corrected chi connectivity index (χ1v) is 7.55. The normalized spacial score (nSPS) is 25.5. The molecule has 0 saturated heterocycles. The molecule has 0 radical (unpaired) electrons. The van der Waals surface area contributed by atoms with E-state index in [0.29, 0.717) is 18.3 Å². The molecule has 0 bridgehead atoms. The third-order valence-electron chi connectivity index (χ3n) is 4.25. The van der Waals surface area contributed by atoms with Crippen LogP contribution in [0.1, 0.15) is 26.7 Å². The molecular weight excluding hydrogens is 284 g/mol. The van der Waals surface area contributed by atoms with Crippen LogP contribution in [0.25, 0.3) is 0 Å². The second-order valence-corrected chi connectivity index (χ2v) is 5.87. The summed E-state index contributed by atoms with van der Waals surface area (Å²) in [6.45, 7) is 4.14. The number of hydrazine groups is 1. The van der Waals surface area contributed by atoms with Crippen LogP contribution in [-0.2, 0) is 9.59 Å². The van der Waals surface area contributed by atoms with Crippen molar-refractivity contribution in [2.45, 2.75) is 32.8 Å². The Morgan fingerprint density at radius 2 is 1.82 bits per heavy atom. The maximum Gasteiger partial charge on any atom is 0.279 e. The van der Waals surface area contributed by atoms with Crippen molar-refractivity contribution < 1.29 is 19.1 Å². The molecule has 1 aromatic rings. The van der Waals surface area contributed by atoms with E-state index in [-0.39, 0.29) is 17.2 Å². The van der Waals surface area contributed by atoms with Gasteiger partial charge in [0, 0.05) is 0 Å². The highest BCUT2D eigenvalue weighted by molar-refractivity contribution is 5.92. The number of carbonyl (C=O) groups is 2. The average Bonchev–Trinajstić information content (AvgIpc) is 3.36. The van der Waals surface area contributed by atoms with Gasteiger partial charge in [-0.15, -0.1) is 0 Å². The van der Waals surface area contributed by atoms with Gasteiger partial charge >= 0.3 is 0 Å². The predicted molar refractivity (Wildman–Crippen MR) is 79.1 cm³/mol. The number of amides is 2. The molecule has 0 aromatic heterocycles. The van der Waals surface area contributed by atoms with Crippen molar-refractivity contribution in [2.24, 2.45) is 11.3 Å². The van der Waals surface area contributed by atoms with E-state index in [0.717, 1.165) is 18.6 Å². The fraction of sp³-hybridized carbons (Fsp3) is 0.500. The molecule has 0 spiro atoms. The number of hydrogen-bond donors (Lipinski definition) is 2. The van der Waals surface area contributed by atoms with Gasteiger partial charge in [-0.1, -0.05) is 0 Å². The van der Waals surface area contributed by atoms with E-state index in [1.54, 1.807) is 31.2 Å². The zero-order valence-electron chi connectivity index (χ0n) is 12.7. The van der Waals surface area contributed by atoms with Crippen molar-refractivity contribution in [1.82, 2.24) is 10.9 Å². The summed E-state index contributed by atoms with van der Waals surface area (Å²) in [4.78, 5) is 23.7. The molecule has 6 heteroatoms. The van der Waals surface area contributed by atoms with Crippen LogP contribution in [0.2, 0.25) is 0 Å². The lowest BCUT2D eigenvalue weighted by atomic mass is 10.2. The Labute approximate surface area is 129 Å². The first-order chi connectivity index (χ1) is 10.5. The van der Waals surface area contributed by atoms with Crippen molar-refractivity contribution in [1.29, 1.82) is 0 Å². The molecule has 1 unspecified atom stereocenters. The van der Waals surface area contributed by atoms with Crippen LogP contribution < -0.4 is 20.3 Å². The fourth-order valence-electron chi connectivity index (χ4n) is 2.46. The lowest BCUT2D eigenvalue weighted by Crippen LogP contribution is -2.48. The predicted octanol–water partition coefficient (Wildman–Crippen LogP) is 1.41. The van der Waals surface area contributed by atoms with Crippen LogP contribution in [0.5, 0.6) is 11.5 Å². The lowest BCUT2D eigenvalue weighted by Gasteiger charge is -2.16. The van der Waals surface area contributed by atoms with E-state index in [4.69, 9.17) is 9.47 Å². The van der Waals surface area contributed by atoms with Crippen LogP contribution in [0, 0.1) is 11.3 Å². The molecule has 22 heavy (non-hydrogen) atoms. The molecule has 2 fully saturated rings. The molecule has 2 aliphatic carbocycles. The van der Waals surface area contributed by atoms with Gasteiger partial charge in [0.15, 0.2) is 6.10 Å². The van der Waals surface area contributed by atoms with Gasteiger partial charge in [0.25, 0.3) is 5.91 Å². The largest absolute Gasteiger partial charge is 0.494 e. The van der Waals surface area contributed by atoms with Crippen LogP contribution in [0.4, 0.5) is 0 Å². The Hall–Kier alpha value is -2.24. The van der Waals surface area contributed by atoms with E-state index in [1.807, 2.05) is 6.92 Å². The van der Waals surface area contributed by atoms with Crippen LogP contribution in [0.3, 0.4) is 0 Å². The van der Waals surface area contributed by atoms with Crippen molar-refractivity contribution in [3.05, 3.63) is 24.3 Å². The molecule has 1 atom stereocenters. The monoisotopic (exact) mass is 304 g/mol. The molecule has 0 aliphatic heterocycles. The van der Waals surface area contributed by atoms with E-state index in [1.165, 1.54) is 0 Å². The van der Waals surface area contributed by atoms with Gasteiger partial charge in [-0.05, 0) is 56.9 Å². The van der Waals surface area contributed by atoms with Crippen LogP contribution >= 0.6 is 0 Å². The summed E-state index contributed by atoms with van der Waals surface area (Å²) in [5, 5.41) is 0. The van der Waals surface area contributed by atoms with Crippen LogP contribution in [-0.4, -0.2) is 24.5 Å². The summed E-state index contributed by atoms with van der Waals surface area (Å²) in [5.41, 5.74) is 4.74. The second kappa shape index (κ2) is 5.51. The third-order valence-corrected chi connectivity index (χ3v) is 4.25. The third kappa shape index (κ3) is 2.86. The van der Waals surface area contributed by atoms with Gasteiger partial charge in [0.1, 0.15) is 11.5 Å². The summed E-state index contributed by atoms with van der Waals surface area (Å²) in [6.07, 6.45) is 1.20. The van der Waals surface area contributed by atoms with Gasteiger partial charge in [0.2, 0.25) is 5.91 Å². The molecule has 2 N–H and O–H groups in total. The van der Waals surface area contributed by atoms with Crippen molar-refractivity contribution in [3.63, 3.8) is 0 Å². The lowest BCUT2D eigenvalue weighted by molar-refractivity contribution is -0.134. The quantitative estimate of drug-likeness (QED) is 0.779. The van der Waals surface area contributed by atoms with Gasteiger partial charge in [-0.3, -0.25) is 20.4 Å². The van der Waals surface area contributed by atoms with Gasteiger partial charge in [-0.25, -0.2) is 0 Å². The van der Waals surface area contributed by atoms with Crippen molar-refractivity contribution in [2.75, 3.05) is 6.61 Å². The fourth-order valence-corrected chi connectivity index (χ4v) is 2.46. The molecule has 2 saturated carbocycles. The zero-order valence-corrected chi connectivity index (χ0v) is 12.7. The standard InChI is InChI=1S/C16H20N2O4/c1-3-21-12-4-6-13(7-5-12)22-10(2)14(19)17-18-15(20)16-8-11(16)9-16/h4-7,10-11H,3,8-9H2,1-2H3,(H,17,19)(H,18,20). The molecule has 6 nitrogen and oxygen atoms in total. The van der Waals surface area contributed by atoms with Crippen molar-refractivity contribution in [3.8, 4) is 11.5 Å². The Morgan fingerprint density at radius 1 is 1.23 bits per heavy atom. The van der Waals surface area contributed by atoms with Gasteiger partial charge in [0.05, 0.1) is 12.0 Å². The summed E-state index contributed by atoms with van der Waals surface area (Å²) in [5.74, 6) is 1.40. The zero-order chi connectivity index (χ0) is 15.7. The van der Waals surface area contributed by atoms with Gasteiger partial charge in [-0.2, -0.15) is 0 Å². The Kier molecular flexibility index (Phi) is 3.68. The summed E-state index contributed by atoms with van der Waals surface area (Å²) < 4.78 is 10.9. The maximum absolute atomic E-state index is 11.9. The Balaban J connectivity index is 1.44. The SMILES string of the molecule is CCOc1ccc(OC(C)C(=O)NNC(=O)C23CC2C3)cc1. The minimum absolute atomic E-state index is 0.0842. The number of rotatable bonds is 6. The minimum atomic E-state index is -0.704. The van der Waals surface area contributed by atoms with Crippen LogP contribution in [0.15, 0.2) is 24.3 Å². The second-order valence-electron chi connectivity index (χ2n) is 5.87. The minimum Gasteiger partial charge on any atom is -0.494 e. The molecule has 2 amide bonds. The molecule has 3 rings (SSSR count). The number of hydrogen-bond acceptors (Lipinski definition) is 4. The van der Waals surface area contributed by atoms with E-state index < -0.39 is 6.10 Å². The first kappa shape index (κ1) is 14.7. The highest BCUT2D eigenvalue weighted by Crippen LogP contribution is 2.75. The molecule has 1 aromatic carbocycles. The first-order valence-electron chi connectivity index (χ1n) is 7.55. The molecule has 118 valence electrons. The number of nitrogens with one attached hydrogen (secondary N) is 2. The summed E-state index contributed by atoms with van der Waals surface area (Å²) in [6, 6.07) is 7.05. The molecule has 2 aliphatic rings. The van der Waals surface area contributed by atoms with Crippen molar-refractivity contribution >= 4 is 11.8 Å². The number of benzene rings is 1. The van der Waals surface area contributed by atoms with E-state index in [9.17, 15) is 9.59 Å². The maximum atomic E-state index is 11.9. The Morgan fingerprint density at radius 3 is 2.36 bits per heavy atom. The van der Waals surface area contributed by atoms with E-state index in [2.05, 4.69) is 10.9 Å². The molecular formula is C16H20N2O4.